The smallest absolute Gasteiger partial charge is 0.336 e. The molecule has 7 nitrogen and oxygen atoms in total. The van der Waals surface area contributed by atoms with Gasteiger partial charge in [-0.15, -0.1) is 0 Å². The number of carbonyl (C=O) groups excluding carboxylic acids is 3. The monoisotopic (exact) mass is 338 g/mol. The molecule has 0 unspecified atom stereocenters. The molecule has 0 spiro atoms. The van der Waals surface area contributed by atoms with Gasteiger partial charge in [-0.2, -0.15) is 0 Å². The van der Waals surface area contributed by atoms with Crippen molar-refractivity contribution in [3.05, 3.63) is 35.6 Å². The number of carbonyl (C=O) groups is 3. The van der Waals surface area contributed by atoms with Gasteiger partial charge in [0.05, 0.1) is 0 Å². The Morgan fingerprint density at radius 3 is 2.29 bits per heavy atom. The van der Waals surface area contributed by atoms with E-state index in [9.17, 15) is 18.8 Å². The second-order valence-electron chi connectivity index (χ2n) is 5.16. The number of amides is 4. The minimum absolute atomic E-state index is 0.0912. The van der Waals surface area contributed by atoms with Gasteiger partial charge >= 0.3 is 6.03 Å². The summed E-state index contributed by atoms with van der Waals surface area (Å²) in [5.41, 5.74) is 4.70. The highest BCUT2D eigenvalue weighted by molar-refractivity contribution is 5.95. The molecule has 24 heavy (non-hydrogen) atoms. The van der Waals surface area contributed by atoms with Crippen LogP contribution in [0, 0.1) is 5.82 Å². The van der Waals surface area contributed by atoms with Gasteiger partial charge in [-0.05, 0) is 37.1 Å². The zero-order valence-electron chi connectivity index (χ0n) is 13.9. The van der Waals surface area contributed by atoms with E-state index in [0.717, 1.165) is 18.6 Å². The molecule has 4 amide bonds. The Balaban J connectivity index is 2.53. The lowest BCUT2D eigenvalue weighted by Crippen LogP contribution is -2.51. The van der Waals surface area contributed by atoms with Crippen molar-refractivity contribution in [1.82, 2.24) is 21.1 Å². The molecule has 0 aromatic heterocycles. The molecule has 0 heterocycles. The summed E-state index contributed by atoms with van der Waals surface area (Å²) < 4.78 is 12.8. The normalized spacial score (nSPS) is 9.96. The summed E-state index contributed by atoms with van der Waals surface area (Å²) in [6.07, 6.45) is 1.47. The summed E-state index contributed by atoms with van der Waals surface area (Å²) in [5, 5.41) is 2.69. The van der Waals surface area contributed by atoms with Crippen molar-refractivity contribution in [1.29, 1.82) is 0 Å². The quantitative estimate of drug-likeness (QED) is 0.657. The molecular weight excluding hydrogens is 315 g/mol. The molecule has 0 fully saturated rings. The maximum absolute atomic E-state index is 12.8. The van der Waals surface area contributed by atoms with E-state index >= 15 is 0 Å². The Morgan fingerprint density at radius 1 is 1.04 bits per heavy atom. The number of nitrogens with zero attached hydrogens (tertiary/aromatic N) is 1. The molecule has 8 heteroatoms. The van der Waals surface area contributed by atoms with Gasteiger partial charge in [0, 0.05) is 18.7 Å². The highest BCUT2D eigenvalue weighted by atomic mass is 19.1. The molecule has 0 aliphatic heterocycles. The Bertz CT molecular complexity index is 563. The predicted octanol–water partition coefficient (Wildman–Crippen LogP) is 1.42. The summed E-state index contributed by atoms with van der Waals surface area (Å²) in [7, 11) is 0. The van der Waals surface area contributed by atoms with Crippen molar-refractivity contribution in [3.63, 3.8) is 0 Å². The van der Waals surface area contributed by atoms with E-state index < -0.39 is 17.8 Å². The number of hydrazine groups is 1. The molecule has 0 saturated carbocycles. The van der Waals surface area contributed by atoms with Crippen LogP contribution in [0.15, 0.2) is 24.3 Å². The van der Waals surface area contributed by atoms with E-state index in [1.165, 1.54) is 17.0 Å². The molecule has 0 aliphatic rings. The van der Waals surface area contributed by atoms with E-state index in [0.29, 0.717) is 19.5 Å². The molecule has 0 saturated heterocycles. The van der Waals surface area contributed by atoms with Crippen molar-refractivity contribution in [3.8, 4) is 0 Å². The second kappa shape index (κ2) is 10.2. The predicted molar refractivity (Wildman–Crippen MR) is 87.6 cm³/mol. The molecule has 0 radical (unpaired) electrons. The van der Waals surface area contributed by atoms with Gasteiger partial charge in [-0.3, -0.25) is 15.0 Å². The largest absolute Gasteiger partial charge is 0.355 e. The summed E-state index contributed by atoms with van der Waals surface area (Å²) in [6.45, 7) is 4.63. The number of halogens is 1. The molecule has 1 aromatic rings. The van der Waals surface area contributed by atoms with Crippen LogP contribution < -0.4 is 16.2 Å². The maximum Gasteiger partial charge on any atom is 0.336 e. The fourth-order valence-electron chi connectivity index (χ4n) is 1.88. The summed E-state index contributed by atoms with van der Waals surface area (Å²) >= 11 is 0. The summed E-state index contributed by atoms with van der Waals surface area (Å²) in [6, 6.07) is 4.33. The molecule has 0 aliphatic carbocycles. The first kappa shape index (κ1) is 19.4. The van der Waals surface area contributed by atoms with Crippen molar-refractivity contribution < 1.29 is 18.8 Å². The number of rotatable bonds is 7. The average molecular weight is 338 g/mol. The van der Waals surface area contributed by atoms with Crippen molar-refractivity contribution >= 4 is 17.8 Å². The first-order valence-electron chi connectivity index (χ1n) is 7.85. The third-order valence-electron chi connectivity index (χ3n) is 3.08. The van der Waals surface area contributed by atoms with Crippen molar-refractivity contribution in [2.75, 3.05) is 19.6 Å². The SMILES string of the molecule is CCCNC(=O)CN(CCC)C(=O)NNC(=O)c1ccc(F)cc1. The third-order valence-corrected chi connectivity index (χ3v) is 3.08. The van der Waals surface area contributed by atoms with Crippen LogP contribution in [0.5, 0.6) is 0 Å². The summed E-state index contributed by atoms with van der Waals surface area (Å²) in [4.78, 5) is 37.0. The lowest BCUT2D eigenvalue weighted by molar-refractivity contribution is -0.121. The van der Waals surface area contributed by atoms with Crippen LogP contribution in [-0.4, -0.2) is 42.4 Å². The fourth-order valence-corrected chi connectivity index (χ4v) is 1.88. The van der Waals surface area contributed by atoms with Crippen LogP contribution in [0.4, 0.5) is 9.18 Å². The minimum Gasteiger partial charge on any atom is -0.355 e. The van der Waals surface area contributed by atoms with Crippen LogP contribution in [0.2, 0.25) is 0 Å². The Labute approximate surface area is 140 Å². The highest BCUT2D eigenvalue weighted by Gasteiger charge is 2.17. The van der Waals surface area contributed by atoms with Crippen molar-refractivity contribution in [2.45, 2.75) is 26.7 Å². The fraction of sp³-hybridized carbons (Fsp3) is 0.438. The first-order chi connectivity index (χ1) is 11.5. The molecule has 0 bridgehead atoms. The number of hydrogen-bond donors (Lipinski definition) is 3. The van der Waals surface area contributed by atoms with Gasteiger partial charge < -0.3 is 10.2 Å². The Kier molecular flexibility index (Phi) is 8.24. The van der Waals surface area contributed by atoms with Gasteiger partial charge in [-0.1, -0.05) is 13.8 Å². The summed E-state index contributed by atoms with van der Waals surface area (Å²) in [5.74, 6) is -1.29. The van der Waals surface area contributed by atoms with E-state index in [-0.39, 0.29) is 18.0 Å². The lowest BCUT2D eigenvalue weighted by atomic mass is 10.2. The highest BCUT2D eigenvalue weighted by Crippen LogP contribution is 2.02. The van der Waals surface area contributed by atoms with Crippen LogP contribution >= 0.6 is 0 Å². The van der Waals surface area contributed by atoms with Gasteiger partial charge in [0.25, 0.3) is 5.91 Å². The van der Waals surface area contributed by atoms with Gasteiger partial charge in [-0.25, -0.2) is 14.6 Å². The molecule has 0 atom stereocenters. The zero-order valence-corrected chi connectivity index (χ0v) is 13.9. The molecule has 1 rings (SSSR count). The standard InChI is InChI=1S/C16H23FN4O3/c1-3-9-18-14(22)11-21(10-4-2)16(24)20-19-15(23)12-5-7-13(17)8-6-12/h5-8H,3-4,9-11H2,1-2H3,(H,18,22)(H,19,23)(H,20,24). The van der Waals surface area contributed by atoms with Gasteiger partial charge in [0.1, 0.15) is 12.4 Å². The molecule has 1 aromatic carbocycles. The molecule has 132 valence electrons. The molecule has 3 N–H and O–H groups in total. The van der Waals surface area contributed by atoms with E-state index in [2.05, 4.69) is 16.2 Å². The lowest BCUT2D eigenvalue weighted by Gasteiger charge is -2.22. The first-order valence-corrected chi connectivity index (χ1v) is 7.85. The van der Waals surface area contributed by atoms with Crippen LogP contribution in [-0.2, 0) is 4.79 Å². The van der Waals surface area contributed by atoms with Crippen LogP contribution in [0.25, 0.3) is 0 Å². The second-order valence-corrected chi connectivity index (χ2v) is 5.16. The topological polar surface area (TPSA) is 90.5 Å². The minimum atomic E-state index is -0.584. The Hall–Kier alpha value is -2.64. The zero-order chi connectivity index (χ0) is 17.9. The third kappa shape index (κ3) is 6.64. The average Bonchev–Trinajstić information content (AvgIpc) is 2.57. The number of urea groups is 1. The van der Waals surface area contributed by atoms with E-state index in [1.54, 1.807) is 0 Å². The van der Waals surface area contributed by atoms with Crippen LogP contribution in [0.3, 0.4) is 0 Å². The molecular formula is C16H23FN4O3. The Morgan fingerprint density at radius 2 is 1.71 bits per heavy atom. The van der Waals surface area contributed by atoms with E-state index in [1.807, 2.05) is 13.8 Å². The number of nitrogens with one attached hydrogen (secondary N) is 3. The van der Waals surface area contributed by atoms with Crippen molar-refractivity contribution in [2.24, 2.45) is 0 Å². The van der Waals surface area contributed by atoms with Crippen LogP contribution in [0.1, 0.15) is 37.0 Å². The van der Waals surface area contributed by atoms with E-state index in [4.69, 9.17) is 0 Å². The maximum atomic E-state index is 12.8. The number of hydrogen-bond acceptors (Lipinski definition) is 3. The number of benzene rings is 1. The van der Waals surface area contributed by atoms with Gasteiger partial charge in [0.15, 0.2) is 0 Å². The van der Waals surface area contributed by atoms with Gasteiger partial charge in [0.2, 0.25) is 5.91 Å².